The lowest BCUT2D eigenvalue weighted by atomic mass is 10.0. The number of carbonyl (C=O) groups is 1. The smallest absolute Gasteiger partial charge is 0.344 e. The van der Waals surface area contributed by atoms with Crippen LogP contribution in [-0.2, 0) is 16.0 Å². The third-order valence-corrected chi connectivity index (χ3v) is 5.92. The fourth-order valence-corrected chi connectivity index (χ4v) is 3.98. The molecular weight excluding hydrogens is 478 g/mol. The van der Waals surface area contributed by atoms with Crippen LogP contribution in [0.5, 0.6) is 5.75 Å². The van der Waals surface area contributed by atoms with Gasteiger partial charge in [0.1, 0.15) is 5.75 Å². The molecule has 0 fully saturated rings. The van der Waals surface area contributed by atoms with Crippen LogP contribution in [-0.4, -0.2) is 53.4 Å². The summed E-state index contributed by atoms with van der Waals surface area (Å²) < 4.78 is 10.4. The molecule has 7 heteroatoms. The average molecular weight is 514 g/mol. The van der Waals surface area contributed by atoms with Gasteiger partial charge in [-0.2, -0.15) is 0 Å². The first-order valence-corrected chi connectivity index (χ1v) is 12.0. The van der Waals surface area contributed by atoms with Crippen molar-refractivity contribution in [1.29, 1.82) is 0 Å². The summed E-state index contributed by atoms with van der Waals surface area (Å²) >= 11 is 0. The first kappa shape index (κ1) is 29.3. The normalized spacial score (nSPS) is 13.4. The van der Waals surface area contributed by atoms with Crippen molar-refractivity contribution in [2.45, 2.75) is 38.5 Å². The predicted molar refractivity (Wildman–Crippen MR) is 143 cm³/mol. The molecule has 194 valence electrons. The summed E-state index contributed by atoms with van der Waals surface area (Å²) in [6, 6.07) is 26.8. The van der Waals surface area contributed by atoms with Crippen molar-refractivity contribution in [3.8, 4) is 5.75 Å². The van der Waals surface area contributed by atoms with Crippen molar-refractivity contribution < 1.29 is 24.5 Å². The molecule has 6 nitrogen and oxygen atoms in total. The number of hydrogen-bond donors (Lipinski definition) is 2. The lowest BCUT2D eigenvalue weighted by Gasteiger charge is -2.33. The Labute approximate surface area is 219 Å². The lowest BCUT2D eigenvalue weighted by molar-refractivity contribution is -0.145. The monoisotopic (exact) mass is 513 g/mol. The molecule has 3 rings (SSSR count). The molecule has 3 aromatic carbocycles. The van der Waals surface area contributed by atoms with Gasteiger partial charge >= 0.3 is 5.97 Å². The molecule has 0 spiro atoms. The topological polar surface area (TPSA) is 79.2 Å². The second-order valence-electron chi connectivity index (χ2n) is 8.60. The largest absolute Gasteiger partial charge is 0.482 e. The minimum absolute atomic E-state index is 0. The van der Waals surface area contributed by atoms with E-state index in [4.69, 9.17) is 9.47 Å². The molecule has 0 radical (unpaired) electrons. The minimum atomic E-state index is -0.666. The van der Waals surface area contributed by atoms with Gasteiger partial charge in [0.25, 0.3) is 0 Å². The average Bonchev–Trinajstić information content (AvgIpc) is 2.89. The van der Waals surface area contributed by atoms with Crippen molar-refractivity contribution >= 4 is 18.4 Å². The summed E-state index contributed by atoms with van der Waals surface area (Å²) in [4.78, 5) is 13.6. The summed E-state index contributed by atoms with van der Waals surface area (Å²) in [7, 11) is 0. The summed E-state index contributed by atoms with van der Waals surface area (Å²) in [5.41, 5.74) is 2.79. The SMILES string of the molecule is CCOC(=O)COc1ccc(CC(C)N(CC(O)c2ccccc2)CC(O)c2ccccc2)cc1.Cl. The van der Waals surface area contributed by atoms with Crippen LogP contribution in [0.4, 0.5) is 0 Å². The van der Waals surface area contributed by atoms with Crippen molar-refractivity contribution in [1.82, 2.24) is 4.90 Å². The Hall–Kier alpha value is -2.90. The van der Waals surface area contributed by atoms with Crippen LogP contribution in [0.1, 0.15) is 42.7 Å². The number of aliphatic hydroxyl groups is 2. The van der Waals surface area contributed by atoms with Gasteiger partial charge in [0.05, 0.1) is 18.8 Å². The third-order valence-electron chi connectivity index (χ3n) is 5.92. The Bertz CT molecular complexity index is 969. The van der Waals surface area contributed by atoms with E-state index in [-0.39, 0.29) is 25.1 Å². The van der Waals surface area contributed by atoms with Gasteiger partial charge in [0.2, 0.25) is 0 Å². The minimum Gasteiger partial charge on any atom is -0.482 e. The Kier molecular flexibility index (Phi) is 12.4. The molecule has 0 heterocycles. The van der Waals surface area contributed by atoms with Crippen LogP contribution in [0, 0.1) is 0 Å². The maximum Gasteiger partial charge on any atom is 0.344 e. The Balaban J connectivity index is 0.00000456. The van der Waals surface area contributed by atoms with E-state index >= 15 is 0 Å². The van der Waals surface area contributed by atoms with E-state index in [1.807, 2.05) is 84.9 Å². The molecule has 0 aliphatic rings. The number of esters is 1. The highest BCUT2D eigenvalue weighted by Gasteiger charge is 2.22. The number of rotatable bonds is 13. The van der Waals surface area contributed by atoms with Gasteiger partial charge in [-0.05, 0) is 49.1 Å². The fourth-order valence-electron chi connectivity index (χ4n) is 3.98. The van der Waals surface area contributed by atoms with E-state index in [0.717, 1.165) is 23.1 Å². The summed E-state index contributed by atoms with van der Waals surface area (Å²) in [6.45, 7) is 4.86. The Morgan fingerprint density at radius 3 is 1.81 bits per heavy atom. The highest BCUT2D eigenvalue weighted by molar-refractivity contribution is 5.85. The highest BCUT2D eigenvalue weighted by atomic mass is 35.5. The zero-order chi connectivity index (χ0) is 25.0. The summed E-state index contributed by atoms with van der Waals surface area (Å²) in [6.07, 6.45) is -0.609. The predicted octanol–water partition coefficient (Wildman–Crippen LogP) is 4.75. The molecule has 36 heavy (non-hydrogen) atoms. The van der Waals surface area contributed by atoms with Gasteiger partial charge < -0.3 is 19.7 Å². The van der Waals surface area contributed by atoms with E-state index in [2.05, 4.69) is 11.8 Å². The first-order valence-electron chi connectivity index (χ1n) is 12.0. The molecule has 0 aliphatic carbocycles. The maximum absolute atomic E-state index is 11.5. The van der Waals surface area contributed by atoms with Crippen molar-refractivity contribution in [3.05, 3.63) is 102 Å². The highest BCUT2D eigenvalue weighted by Crippen LogP contribution is 2.22. The first-order chi connectivity index (χ1) is 17.0. The number of benzene rings is 3. The van der Waals surface area contributed by atoms with E-state index in [1.165, 1.54) is 0 Å². The van der Waals surface area contributed by atoms with Gasteiger partial charge in [0, 0.05) is 19.1 Å². The second kappa shape index (κ2) is 15.3. The lowest BCUT2D eigenvalue weighted by Crippen LogP contribution is -2.40. The molecule has 0 bridgehead atoms. The number of ether oxygens (including phenoxy) is 2. The zero-order valence-corrected chi connectivity index (χ0v) is 21.6. The number of nitrogens with zero attached hydrogens (tertiary/aromatic N) is 1. The molecule has 0 saturated carbocycles. The van der Waals surface area contributed by atoms with E-state index in [9.17, 15) is 15.0 Å². The van der Waals surface area contributed by atoms with Crippen LogP contribution in [0.2, 0.25) is 0 Å². The van der Waals surface area contributed by atoms with Gasteiger partial charge in [-0.3, -0.25) is 4.90 Å². The van der Waals surface area contributed by atoms with Gasteiger partial charge in [-0.1, -0.05) is 72.8 Å². The fraction of sp³-hybridized carbons (Fsp3) is 0.345. The van der Waals surface area contributed by atoms with E-state index < -0.39 is 18.2 Å². The maximum atomic E-state index is 11.5. The standard InChI is InChI=1S/C29H35NO5.ClH/c1-3-34-29(33)21-35-26-16-14-23(15-17-26)18-22(2)30(19-27(31)24-10-6-4-7-11-24)20-28(32)25-12-8-5-9-13-25;/h4-17,22,27-28,31-32H,3,18-21H2,1-2H3;1H. The molecule has 3 aromatic rings. The number of hydrogen-bond acceptors (Lipinski definition) is 6. The molecule has 2 N–H and O–H groups in total. The number of halogens is 1. The molecule has 0 amide bonds. The zero-order valence-electron chi connectivity index (χ0n) is 20.8. The Morgan fingerprint density at radius 1 is 0.833 bits per heavy atom. The number of aliphatic hydroxyl groups excluding tert-OH is 2. The summed E-state index contributed by atoms with van der Waals surface area (Å²) in [5, 5.41) is 21.8. The van der Waals surface area contributed by atoms with Crippen molar-refractivity contribution in [2.75, 3.05) is 26.3 Å². The van der Waals surface area contributed by atoms with Crippen LogP contribution in [0.25, 0.3) is 0 Å². The molecular formula is C29H36ClNO5. The molecule has 0 saturated heterocycles. The van der Waals surface area contributed by atoms with Gasteiger partial charge in [-0.25, -0.2) is 4.79 Å². The van der Waals surface area contributed by atoms with Crippen LogP contribution < -0.4 is 4.74 Å². The molecule has 3 unspecified atom stereocenters. The number of carbonyl (C=O) groups excluding carboxylic acids is 1. The van der Waals surface area contributed by atoms with Crippen LogP contribution >= 0.6 is 12.4 Å². The molecule has 0 aliphatic heterocycles. The summed E-state index contributed by atoms with van der Waals surface area (Å²) in [5.74, 6) is 0.208. The van der Waals surface area contributed by atoms with Crippen LogP contribution in [0.15, 0.2) is 84.9 Å². The third kappa shape index (κ3) is 9.28. The van der Waals surface area contributed by atoms with Gasteiger partial charge in [-0.15, -0.1) is 12.4 Å². The molecule has 0 aromatic heterocycles. The quantitative estimate of drug-likeness (QED) is 0.321. The Morgan fingerprint density at radius 2 is 1.33 bits per heavy atom. The van der Waals surface area contributed by atoms with Crippen LogP contribution in [0.3, 0.4) is 0 Å². The van der Waals surface area contributed by atoms with Crippen molar-refractivity contribution in [3.63, 3.8) is 0 Å². The second-order valence-corrected chi connectivity index (χ2v) is 8.60. The van der Waals surface area contributed by atoms with E-state index in [1.54, 1.807) is 6.92 Å². The van der Waals surface area contributed by atoms with Crippen molar-refractivity contribution in [2.24, 2.45) is 0 Å². The molecule has 3 atom stereocenters. The van der Waals surface area contributed by atoms with Gasteiger partial charge in [0.15, 0.2) is 6.61 Å². The van der Waals surface area contributed by atoms with E-state index in [0.29, 0.717) is 25.4 Å².